The Balaban J connectivity index is 1.51. The third-order valence-electron chi connectivity index (χ3n) is 3.97. The lowest BCUT2D eigenvalue weighted by molar-refractivity contribution is -0.118. The molecule has 0 aliphatic rings. The molecule has 3 aromatic carbocycles. The lowest BCUT2D eigenvalue weighted by Crippen LogP contribution is -2.20. The highest BCUT2D eigenvalue weighted by molar-refractivity contribution is 5.92. The van der Waals surface area contributed by atoms with Crippen molar-refractivity contribution in [1.29, 1.82) is 0 Å². The first-order valence-corrected chi connectivity index (χ1v) is 8.53. The fourth-order valence-electron chi connectivity index (χ4n) is 2.61. The summed E-state index contributed by atoms with van der Waals surface area (Å²) in [4.78, 5) is 14.2. The number of amides is 1. The Morgan fingerprint density at radius 1 is 0.885 bits per heavy atom. The van der Waals surface area contributed by atoms with Crippen LogP contribution in [0.15, 0.2) is 84.9 Å². The summed E-state index contributed by atoms with van der Waals surface area (Å²) in [6.45, 7) is 0.817. The predicted molar refractivity (Wildman–Crippen MR) is 106 cm³/mol. The van der Waals surface area contributed by atoms with Gasteiger partial charge in [-0.05, 0) is 42.0 Å². The van der Waals surface area contributed by atoms with Crippen molar-refractivity contribution in [3.05, 3.63) is 90.5 Å². The van der Waals surface area contributed by atoms with E-state index in [4.69, 9.17) is 4.74 Å². The van der Waals surface area contributed by atoms with Crippen molar-refractivity contribution in [2.45, 2.75) is 6.54 Å². The second kappa shape index (κ2) is 8.72. The number of nitrogens with one attached hydrogen (secondary N) is 1. The molecule has 0 aromatic heterocycles. The molecule has 0 saturated heterocycles. The maximum atomic E-state index is 12.0. The van der Waals surface area contributed by atoms with Crippen LogP contribution in [-0.4, -0.2) is 19.6 Å². The molecule has 0 saturated carbocycles. The average molecular weight is 346 g/mol. The van der Waals surface area contributed by atoms with Gasteiger partial charge in [0.1, 0.15) is 5.75 Å². The smallest absolute Gasteiger partial charge is 0.262 e. The van der Waals surface area contributed by atoms with Crippen molar-refractivity contribution in [3.63, 3.8) is 0 Å². The van der Waals surface area contributed by atoms with E-state index in [1.807, 2.05) is 79.8 Å². The number of hydrogen-bond donors (Lipinski definition) is 1. The number of rotatable bonds is 7. The Labute approximate surface area is 154 Å². The highest BCUT2D eigenvalue weighted by Crippen LogP contribution is 2.19. The first kappa shape index (κ1) is 17.5. The molecule has 132 valence electrons. The van der Waals surface area contributed by atoms with Gasteiger partial charge < -0.3 is 15.0 Å². The highest BCUT2D eigenvalue weighted by Gasteiger charge is 2.05. The van der Waals surface area contributed by atoms with Gasteiger partial charge in [0.2, 0.25) is 0 Å². The molecule has 1 amide bonds. The van der Waals surface area contributed by atoms with Crippen molar-refractivity contribution >= 4 is 17.3 Å². The van der Waals surface area contributed by atoms with Gasteiger partial charge in [0.05, 0.1) is 0 Å². The molecular weight excluding hydrogens is 324 g/mol. The molecular formula is C22H22N2O2. The van der Waals surface area contributed by atoms with E-state index in [2.05, 4.69) is 22.3 Å². The quantitative estimate of drug-likeness (QED) is 0.692. The summed E-state index contributed by atoms with van der Waals surface area (Å²) in [6, 6.07) is 27.4. The molecule has 1 N–H and O–H groups in total. The number of para-hydroxylation sites is 1. The van der Waals surface area contributed by atoms with E-state index >= 15 is 0 Å². The van der Waals surface area contributed by atoms with Gasteiger partial charge in [-0.1, -0.05) is 48.5 Å². The van der Waals surface area contributed by atoms with Gasteiger partial charge in [-0.25, -0.2) is 0 Å². The van der Waals surface area contributed by atoms with Crippen LogP contribution in [0.3, 0.4) is 0 Å². The van der Waals surface area contributed by atoms with Crippen molar-refractivity contribution in [3.8, 4) is 5.75 Å². The summed E-state index contributed by atoms with van der Waals surface area (Å²) in [7, 11) is 2.05. The van der Waals surface area contributed by atoms with E-state index < -0.39 is 0 Å². The molecule has 0 heterocycles. The van der Waals surface area contributed by atoms with Crippen LogP contribution in [0.1, 0.15) is 5.56 Å². The molecule has 26 heavy (non-hydrogen) atoms. The number of hydrogen-bond acceptors (Lipinski definition) is 3. The monoisotopic (exact) mass is 346 g/mol. The standard InChI is InChI=1S/C22H22N2O2/c1-24(16-18-8-4-2-5-9-18)20-14-12-19(13-15-20)23-22(25)17-26-21-10-6-3-7-11-21/h2-15H,16-17H2,1H3,(H,23,25). The Morgan fingerprint density at radius 3 is 2.15 bits per heavy atom. The second-order valence-electron chi connectivity index (χ2n) is 6.04. The van der Waals surface area contributed by atoms with Crippen molar-refractivity contribution in [2.24, 2.45) is 0 Å². The number of benzene rings is 3. The number of carbonyl (C=O) groups is 1. The summed E-state index contributed by atoms with van der Waals surface area (Å²) >= 11 is 0. The largest absolute Gasteiger partial charge is 0.484 e. The molecule has 4 nitrogen and oxygen atoms in total. The first-order valence-electron chi connectivity index (χ1n) is 8.53. The SMILES string of the molecule is CN(Cc1ccccc1)c1ccc(NC(=O)COc2ccccc2)cc1. The van der Waals surface area contributed by atoms with Crippen LogP contribution < -0.4 is 15.0 Å². The number of ether oxygens (including phenoxy) is 1. The van der Waals surface area contributed by atoms with E-state index in [9.17, 15) is 4.79 Å². The van der Waals surface area contributed by atoms with E-state index in [1.165, 1.54) is 5.56 Å². The lowest BCUT2D eigenvalue weighted by Gasteiger charge is -2.19. The number of carbonyl (C=O) groups excluding carboxylic acids is 1. The lowest BCUT2D eigenvalue weighted by atomic mass is 10.2. The van der Waals surface area contributed by atoms with Crippen LogP contribution in [0.25, 0.3) is 0 Å². The maximum absolute atomic E-state index is 12.0. The summed E-state index contributed by atoms with van der Waals surface area (Å²) < 4.78 is 5.45. The van der Waals surface area contributed by atoms with Gasteiger partial charge in [0.25, 0.3) is 5.91 Å². The van der Waals surface area contributed by atoms with E-state index in [1.54, 1.807) is 0 Å². The molecule has 0 spiro atoms. The zero-order valence-electron chi connectivity index (χ0n) is 14.8. The minimum Gasteiger partial charge on any atom is -0.484 e. The van der Waals surface area contributed by atoms with E-state index in [0.717, 1.165) is 17.9 Å². The van der Waals surface area contributed by atoms with Gasteiger partial charge >= 0.3 is 0 Å². The van der Waals surface area contributed by atoms with Crippen LogP contribution >= 0.6 is 0 Å². The summed E-state index contributed by atoms with van der Waals surface area (Å²) in [5.41, 5.74) is 3.10. The molecule has 0 bridgehead atoms. The zero-order chi connectivity index (χ0) is 18.2. The first-order chi connectivity index (χ1) is 12.7. The van der Waals surface area contributed by atoms with Gasteiger partial charge in [0, 0.05) is 25.0 Å². The van der Waals surface area contributed by atoms with Gasteiger partial charge in [-0.15, -0.1) is 0 Å². The molecule has 0 unspecified atom stereocenters. The fraction of sp³-hybridized carbons (Fsp3) is 0.136. The second-order valence-corrected chi connectivity index (χ2v) is 6.04. The maximum Gasteiger partial charge on any atom is 0.262 e. The van der Waals surface area contributed by atoms with Crippen LogP contribution in [0, 0.1) is 0 Å². The summed E-state index contributed by atoms with van der Waals surface area (Å²) in [5.74, 6) is 0.500. The number of anilines is 2. The molecule has 3 aromatic rings. The third kappa shape index (κ3) is 5.11. The van der Waals surface area contributed by atoms with Crippen molar-refractivity contribution in [1.82, 2.24) is 0 Å². The Kier molecular flexibility index (Phi) is 5.88. The normalized spacial score (nSPS) is 10.2. The fourth-order valence-corrected chi connectivity index (χ4v) is 2.61. The predicted octanol–water partition coefficient (Wildman–Crippen LogP) is 4.34. The molecule has 0 aliphatic carbocycles. The molecule has 0 aliphatic heterocycles. The van der Waals surface area contributed by atoms with Crippen molar-refractivity contribution < 1.29 is 9.53 Å². The highest BCUT2D eigenvalue weighted by atomic mass is 16.5. The molecule has 0 radical (unpaired) electrons. The van der Waals surface area contributed by atoms with E-state index in [0.29, 0.717) is 5.75 Å². The number of nitrogens with zero attached hydrogens (tertiary/aromatic N) is 1. The summed E-state index contributed by atoms with van der Waals surface area (Å²) in [6.07, 6.45) is 0. The van der Waals surface area contributed by atoms with Crippen molar-refractivity contribution in [2.75, 3.05) is 23.9 Å². The third-order valence-corrected chi connectivity index (χ3v) is 3.97. The van der Waals surface area contributed by atoms with Crippen LogP contribution in [0.2, 0.25) is 0 Å². The summed E-state index contributed by atoms with van der Waals surface area (Å²) in [5, 5.41) is 2.85. The van der Waals surface area contributed by atoms with Crippen LogP contribution in [0.5, 0.6) is 5.75 Å². The Morgan fingerprint density at radius 2 is 1.50 bits per heavy atom. The minimum atomic E-state index is -0.181. The molecule has 0 atom stereocenters. The topological polar surface area (TPSA) is 41.6 Å². The molecule has 4 heteroatoms. The van der Waals surface area contributed by atoms with Crippen LogP contribution in [-0.2, 0) is 11.3 Å². The van der Waals surface area contributed by atoms with Crippen LogP contribution in [0.4, 0.5) is 11.4 Å². The van der Waals surface area contributed by atoms with Gasteiger partial charge in [-0.3, -0.25) is 4.79 Å². The van der Waals surface area contributed by atoms with E-state index in [-0.39, 0.29) is 12.5 Å². The zero-order valence-corrected chi connectivity index (χ0v) is 14.8. The Hall–Kier alpha value is -3.27. The van der Waals surface area contributed by atoms with Gasteiger partial charge in [0.15, 0.2) is 6.61 Å². The Bertz CT molecular complexity index is 818. The minimum absolute atomic E-state index is 0.0142. The molecule has 3 rings (SSSR count). The average Bonchev–Trinajstić information content (AvgIpc) is 2.68. The van der Waals surface area contributed by atoms with Gasteiger partial charge in [-0.2, -0.15) is 0 Å². The molecule has 0 fully saturated rings.